The molecule has 1 fully saturated rings. The molecule has 0 spiro atoms. The predicted molar refractivity (Wildman–Crippen MR) is 95.7 cm³/mol. The number of hydrogen-bond acceptors (Lipinski definition) is 7. The van der Waals surface area contributed by atoms with Crippen LogP contribution in [0.4, 0.5) is 0 Å². The van der Waals surface area contributed by atoms with Crippen LogP contribution in [0.2, 0.25) is 0 Å². The number of hydrogen-bond donors (Lipinski definition) is 0. The number of amides is 1. The molecule has 1 aromatic carbocycles. The lowest BCUT2D eigenvalue weighted by atomic mass is 10.1. The highest BCUT2D eigenvalue weighted by molar-refractivity contribution is 5.98. The quantitative estimate of drug-likeness (QED) is 0.744. The van der Waals surface area contributed by atoms with Crippen LogP contribution in [0.5, 0.6) is 5.75 Å². The summed E-state index contributed by atoms with van der Waals surface area (Å²) in [6.07, 6.45) is 1.59. The molecule has 1 atom stereocenters. The minimum absolute atomic E-state index is 0.147. The Bertz CT molecular complexity index is 846. The lowest BCUT2D eigenvalue weighted by Gasteiger charge is -2.22. The Labute approximate surface area is 157 Å². The van der Waals surface area contributed by atoms with E-state index in [1.807, 2.05) is 13.8 Å². The summed E-state index contributed by atoms with van der Waals surface area (Å²) in [5.74, 6) is 0.885. The molecule has 1 saturated heterocycles. The molecule has 2 heterocycles. The van der Waals surface area contributed by atoms with Crippen molar-refractivity contribution in [3.8, 4) is 5.75 Å². The highest BCUT2D eigenvalue weighted by Crippen LogP contribution is 2.33. The largest absolute Gasteiger partial charge is 0.497 e. The monoisotopic (exact) mass is 373 g/mol. The third-order valence-corrected chi connectivity index (χ3v) is 4.58. The lowest BCUT2D eigenvalue weighted by Crippen LogP contribution is -2.31. The first-order valence-electron chi connectivity index (χ1n) is 8.86. The van der Waals surface area contributed by atoms with Gasteiger partial charge in [0, 0.05) is 18.0 Å². The van der Waals surface area contributed by atoms with Gasteiger partial charge >= 0.3 is 5.97 Å². The van der Waals surface area contributed by atoms with Crippen molar-refractivity contribution in [2.45, 2.75) is 38.6 Å². The Morgan fingerprint density at radius 1 is 1.22 bits per heavy atom. The van der Waals surface area contributed by atoms with Crippen molar-refractivity contribution in [3.63, 3.8) is 0 Å². The second kappa shape index (κ2) is 7.77. The molecule has 0 N–H and O–H groups in total. The number of rotatable bonds is 5. The van der Waals surface area contributed by atoms with Crippen LogP contribution in [0.15, 0.2) is 22.7 Å². The maximum absolute atomic E-state index is 13.1. The van der Waals surface area contributed by atoms with Gasteiger partial charge in [0.1, 0.15) is 11.8 Å². The number of nitrogens with zero attached hydrogens (tertiary/aromatic N) is 3. The second-order valence-corrected chi connectivity index (χ2v) is 6.74. The molecule has 0 saturated carbocycles. The fourth-order valence-electron chi connectivity index (χ4n) is 3.13. The Balaban J connectivity index is 1.90. The van der Waals surface area contributed by atoms with Crippen molar-refractivity contribution in [1.82, 2.24) is 15.0 Å². The van der Waals surface area contributed by atoms with Crippen LogP contribution < -0.4 is 4.74 Å². The van der Waals surface area contributed by atoms with Gasteiger partial charge in [-0.25, -0.2) is 4.79 Å². The van der Waals surface area contributed by atoms with Crippen LogP contribution in [0.25, 0.3) is 0 Å². The molecule has 1 unspecified atom stereocenters. The average Bonchev–Trinajstić information content (AvgIpc) is 3.35. The SMILES string of the molecule is COC(=O)c1cc(OC)cc(C(=O)N2CCCC2c2nc(C(C)C)no2)c1. The Kier molecular flexibility index (Phi) is 5.43. The molecule has 8 heteroatoms. The standard InChI is InChI=1S/C19H23N3O5/c1-11(2)16-20-17(27-21-16)15-6-5-7-22(15)18(23)12-8-13(19(24)26-4)10-14(9-12)25-3/h8-11,15H,5-7H2,1-4H3. The van der Waals surface area contributed by atoms with Crippen LogP contribution in [0, 0.1) is 0 Å². The van der Waals surface area contributed by atoms with Gasteiger partial charge in [0.25, 0.3) is 5.91 Å². The molecule has 0 bridgehead atoms. The maximum Gasteiger partial charge on any atom is 0.338 e. The molecule has 8 nitrogen and oxygen atoms in total. The number of esters is 1. The van der Waals surface area contributed by atoms with Gasteiger partial charge in [0.2, 0.25) is 5.89 Å². The van der Waals surface area contributed by atoms with E-state index in [0.717, 1.165) is 12.8 Å². The number of likely N-dealkylation sites (tertiary alicyclic amines) is 1. The van der Waals surface area contributed by atoms with Crippen LogP contribution in [0.3, 0.4) is 0 Å². The van der Waals surface area contributed by atoms with Crippen molar-refractivity contribution >= 4 is 11.9 Å². The summed E-state index contributed by atoms with van der Waals surface area (Å²) in [6.45, 7) is 4.54. The number of aromatic nitrogens is 2. The van der Waals surface area contributed by atoms with E-state index in [-0.39, 0.29) is 23.4 Å². The molecule has 1 amide bonds. The molecule has 144 valence electrons. The normalized spacial score (nSPS) is 16.6. The molecular weight excluding hydrogens is 350 g/mol. The van der Waals surface area contributed by atoms with Gasteiger partial charge in [0.15, 0.2) is 5.82 Å². The summed E-state index contributed by atoms with van der Waals surface area (Å²) < 4.78 is 15.4. The minimum atomic E-state index is -0.528. The topological polar surface area (TPSA) is 94.8 Å². The molecule has 1 aliphatic heterocycles. The van der Waals surface area contributed by atoms with Gasteiger partial charge in [0.05, 0.1) is 19.8 Å². The first-order valence-corrected chi connectivity index (χ1v) is 8.86. The van der Waals surface area contributed by atoms with E-state index in [0.29, 0.717) is 29.6 Å². The van der Waals surface area contributed by atoms with Crippen molar-refractivity contribution in [2.75, 3.05) is 20.8 Å². The molecule has 1 aromatic heterocycles. The fourth-order valence-corrected chi connectivity index (χ4v) is 3.13. The smallest absolute Gasteiger partial charge is 0.338 e. The van der Waals surface area contributed by atoms with Gasteiger partial charge in [-0.15, -0.1) is 0 Å². The molecule has 0 aliphatic carbocycles. The van der Waals surface area contributed by atoms with Crippen molar-refractivity contribution < 1.29 is 23.6 Å². The third-order valence-electron chi connectivity index (χ3n) is 4.58. The highest BCUT2D eigenvalue weighted by atomic mass is 16.5. The number of carbonyl (C=O) groups is 2. The summed E-state index contributed by atoms with van der Waals surface area (Å²) in [6, 6.07) is 4.39. The number of ether oxygens (including phenoxy) is 2. The summed E-state index contributed by atoms with van der Waals surface area (Å²) in [7, 11) is 2.77. The van der Waals surface area contributed by atoms with E-state index in [1.54, 1.807) is 11.0 Å². The Morgan fingerprint density at radius 3 is 2.59 bits per heavy atom. The van der Waals surface area contributed by atoms with Crippen molar-refractivity contribution in [2.24, 2.45) is 0 Å². The highest BCUT2D eigenvalue weighted by Gasteiger charge is 2.35. The number of methoxy groups -OCH3 is 2. The summed E-state index contributed by atoms with van der Waals surface area (Å²) in [5, 5.41) is 4.00. The zero-order chi connectivity index (χ0) is 19.6. The Morgan fingerprint density at radius 2 is 1.96 bits per heavy atom. The minimum Gasteiger partial charge on any atom is -0.497 e. The van der Waals surface area contributed by atoms with E-state index >= 15 is 0 Å². The van der Waals surface area contributed by atoms with Crippen LogP contribution in [-0.4, -0.2) is 47.7 Å². The van der Waals surface area contributed by atoms with Gasteiger partial charge in [-0.1, -0.05) is 19.0 Å². The zero-order valence-corrected chi connectivity index (χ0v) is 15.9. The first-order chi connectivity index (χ1) is 12.9. The van der Waals surface area contributed by atoms with Gasteiger partial charge in [-0.3, -0.25) is 4.79 Å². The first kappa shape index (κ1) is 18.9. The van der Waals surface area contributed by atoms with E-state index in [1.165, 1.54) is 26.4 Å². The van der Waals surface area contributed by atoms with Crippen LogP contribution in [0.1, 0.15) is 71.1 Å². The number of benzene rings is 1. The molecule has 3 rings (SSSR count). The molecule has 1 aliphatic rings. The number of carbonyl (C=O) groups excluding carboxylic acids is 2. The zero-order valence-electron chi connectivity index (χ0n) is 15.9. The molecule has 0 radical (unpaired) electrons. The van der Waals surface area contributed by atoms with Crippen LogP contribution >= 0.6 is 0 Å². The fraction of sp³-hybridized carbons (Fsp3) is 0.474. The third kappa shape index (κ3) is 3.79. The van der Waals surface area contributed by atoms with E-state index in [9.17, 15) is 9.59 Å². The van der Waals surface area contributed by atoms with Gasteiger partial charge in [-0.2, -0.15) is 4.98 Å². The molecule has 27 heavy (non-hydrogen) atoms. The predicted octanol–water partition coefficient (Wildman–Crippen LogP) is 2.97. The lowest BCUT2D eigenvalue weighted by molar-refractivity contribution is 0.0600. The molecule has 2 aromatic rings. The van der Waals surface area contributed by atoms with Gasteiger partial charge in [-0.05, 0) is 31.0 Å². The van der Waals surface area contributed by atoms with E-state index in [2.05, 4.69) is 10.1 Å². The maximum atomic E-state index is 13.1. The van der Waals surface area contributed by atoms with E-state index < -0.39 is 5.97 Å². The summed E-state index contributed by atoms with van der Waals surface area (Å²) in [4.78, 5) is 31.2. The summed E-state index contributed by atoms with van der Waals surface area (Å²) in [5.41, 5.74) is 0.612. The Hall–Kier alpha value is -2.90. The summed E-state index contributed by atoms with van der Waals surface area (Å²) >= 11 is 0. The second-order valence-electron chi connectivity index (χ2n) is 6.74. The molecular formula is C19H23N3O5. The van der Waals surface area contributed by atoms with Crippen LogP contribution in [-0.2, 0) is 4.74 Å². The van der Waals surface area contributed by atoms with Crippen molar-refractivity contribution in [1.29, 1.82) is 0 Å². The van der Waals surface area contributed by atoms with Gasteiger partial charge < -0.3 is 18.9 Å². The van der Waals surface area contributed by atoms with E-state index in [4.69, 9.17) is 14.0 Å². The van der Waals surface area contributed by atoms with Crippen molar-refractivity contribution in [3.05, 3.63) is 41.0 Å². The average molecular weight is 373 g/mol.